The third-order valence-corrected chi connectivity index (χ3v) is 3.80. The zero-order chi connectivity index (χ0) is 18.2. The minimum Gasteiger partial charge on any atom is -0.479 e. The molecule has 0 bridgehead atoms. The number of nitrogens with zero attached hydrogens (tertiary/aromatic N) is 2. The van der Waals surface area contributed by atoms with Crippen molar-refractivity contribution < 1.29 is 24.2 Å². The lowest BCUT2D eigenvalue weighted by Gasteiger charge is -2.25. The second-order valence-corrected chi connectivity index (χ2v) is 5.99. The molecular weight excluding hydrogens is 373 g/mol. The van der Waals surface area contributed by atoms with Gasteiger partial charge in [0.25, 0.3) is 5.91 Å². The van der Waals surface area contributed by atoms with Gasteiger partial charge < -0.3 is 14.6 Å². The number of ether oxygens (including phenoxy) is 2. The van der Waals surface area contributed by atoms with E-state index in [0.29, 0.717) is 31.9 Å². The van der Waals surface area contributed by atoms with Gasteiger partial charge in [-0.15, -0.1) is 0 Å². The summed E-state index contributed by atoms with van der Waals surface area (Å²) in [7, 11) is 0. The number of halogens is 2. The van der Waals surface area contributed by atoms with E-state index >= 15 is 0 Å². The Morgan fingerprint density at radius 2 is 1.96 bits per heavy atom. The molecule has 0 saturated carbocycles. The molecule has 0 spiro atoms. The Labute approximate surface area is 154 Å². The van der Waals surface area contributed by atoms with Gasteiger partial charge in [-0.2, -0.15) is 5.10 Å². The number of aliphatic carboxylic acids is 1. The largest absolute Gasteiger partial charge is 0.479 e. The van der Waals surface area contributed by atoms with Crippen LogP contribution < -0.4 is 10.2 Å². The lowest BCUT2D eigenvalue weighted by atomic mass is 10.2. The molecule has 0 radical (unpaired) electrons. The first kappa shape index (κ1) is 19.5. The summed E-state index contributed by atoms with van der Waals surface area (Å²) in [6, 6.07) is 3.00. The Kier molecular flexibility index (Phi) is 7.45. The van der Waals surface area contributed by atoms with Crippen molar-refractivity contribution in [2.24, 2.45) is 5.10 Å². The van der Waals surface area contributed by atoms with Gasteiger partial charge in [-0.25, -0.2) is 10.2 Å². The molecule has 0 unspecified atom stereocenters. The van der Waals surface area contributed by atoms with Gasteiger partial charge in [0.15, 0.2) is 12.4 Å². The minimum absolute atomic E-state index is 0.0826. The maximum Gasteiger partial charge on any atom is 0.341 e. The summed E-state index contributed by atoms with van der Waals surface area (Å²) < 4.78 is 10.2. The Morgan fingerprint density at radius 1 is 1.32 bits per heavy atom. The second-order valence-electron chi connectivity index (χ2n) is 5.18. The van der Waals surface area contributed by atoms with Gasteiger partial charge in [0.1, 0.15) is 0 Å². The molecule has 0 aromatic heterocycles. The van der Waals surface area contributed by atoms with E-state index in [1.54, 1.807) is 0 Å². The molecule has 136 valence electrons. The number of hydrazone groups is 1. The quantitative estimate of drug-likeness (QED) is 0.537. The van der Waals surface area contributed by atoms with Crippen molar-refractivity contribution in [2.45, 2.75) is 0 Å². The molecule has 25 heavy (non-hydrogen) atoms. The van der Waals surface area contributed by atoms with Crippen LogP contribution in [0.1, 0.15) is 5.56 Å². The number of amides is 1. The molecule has 0 aliphatic carbocycles. The monoisotopic (exact) mass is 389 g/mol. The predicted octanol–water partition coefficient (Wildman–Crippen LogP) is 1.24. The molecule has 1 amide bonds. The van der Waals surface area contributed by atoms with E-state index < -0.39 is 12.6 Å². The molecule has 1 aromatic carbocycles. The van der Waals surface area contributed by atoms with Crippen LogP contribution in [0.15, 0.2) is 17.2 Å². The first-order valence-corrected chi connectivity index (χ1v) is 8.17. The number of hydrogen-bond donors (Lipinski definition) is 2. The summed E-state index contributed by atoms with van der Waals surface area (Å²) in [5, 5.41) is 12.8. The highest BCUT2D eigenvalue weighted by atomic mass is 35.5. The van der Waals surface area contributed by atoms with Gasteiger partial charge in [-0.3, -0.25) is 9.69 Å². The summed E-state index contributed by atoms with van der Waals surface area (Å²) in [5.41, 5.74) is 2.96. The first-order chi connectivity index (χ1) is 12.0. The number of nitrogens with one attached hydrogen (secondary N) is 1. The second kappa shape index (κ2) is 9.57. The van der Waals surface area contributed by atoms with Gasteiger partial charge in [0.2, 0.25) is 0 Å². The molecule has 1 aliphatic heterocycles. The Balaban J connectivity index is 1.89. The zero-order valence-corrected chi connectivity index (χ0v) is 14.7. The third kappa shape index (κ3) is 6.50. The smallest absolute Gasteiger partial charge is 0.341 e. The van der Waals surface area contributed by atoms with Gasteiger partial charge in [-0.1, -0.05) is 23.2 Å². The van der Waals surface area contributed by atoms with E-state index in [1.807, 2.05) is 4.90 Å². The molecule has 2 N–H and O–H groups in total. The highest BCUT2D eigenvalue weighted by Gasteiger charge is 2.14. The van der Waals surface area contributed by atoms with Crippen molar-refractivity contribution in [2.75, 3.05) is 39.5 Å². The third-order valence-electron chi connectivity index (χ3n) is 3.23. The van der Waals surface area contributed by atoms with E-state index in [-0.39, 0.29) is 28.2 Å². The number of hydrogen-bond acceptors (Lipinski definition) is 6. The summed E-state index contributed by atoms with van der Waals surface area (Å²) in [6.07, 6.45) is 1.38. The number of carboxylic acid groups (broad SMARTS) is 1. The van der Waals surface area contributed by atoms with Crippen LogP contribution >= 0.6 is 23.2 Å². The first-order valence-electron chi connectivity index (χ1n) is 7.41. The van der Waals surface area contributed by atoms with E-state index in [4.69, 9.17) is 37.8 Å². The minimum atomic E-state index is -1.14. The highest BCUT2D eigenvalue weighted by molar-refractivity contribution is 6.37. The van der Waals surface area contributed by atoms with Crippen molar-refractivity contribution in [1.82, 2.24) is 10.3 Å². The maximum absolute atomic E-state index is 11.8. The average molecular weight is 390 g/mol. The Hall–Kier alpha value is -1.87. The normalized spacial score (nSPS) is 15.3. The number of carbonyl (C=O) groups is 2. The molecule has 0 atom stereocenters. The molecule has 10 heteroatoms. The van der Waals surface area contributed by atoms with E-state index in [9.17, 15) is 9.59 Å². The van der Waals surface area contributed by atoms with Crippen LogP contribution in [0.5, 0.6) is 5.75 Å². The van der Waals surface area contributed by atoms with Crippen LogP contribution in [0.4, 0.5) is 0 Å². The average Bonchev–Trinajstić information content (AvgIpc) is 2.54. The molecule has 1 aliphatic rings. The molecule has 1 fully saturated rings. The molecule has 1 heterocycles. The molecule has 1 aromatic rings. The van der Waals surface area contributed by atoms with Gasteiger partial charge in [-0.05, 0) is 17.7 Å². The summed E-state index contributed by atoms with van der Waals surface area (Å²) >= 11 is 12.0. The fraction of sp³-hybridized carbons (Fsp3) is 0.400. The fourth-order valence-electron chi connectivity index (χ4n) is 2.10. The lowest BCUT2D eigenvalue weighted by Crippen LogP contribution is -2.42. The molecule has 8 nitrogen and oxygen atoms in total. The van der Waals surface area contributed by atoms with E-state index in [2.05, 4.69) is 10.5 Å². The number of carbonyl (C=O) groups excluding carboxylic acids is 1. The Morgan fingerprint density at radius 3 is 2.56 bits per heavy atom. The Bertz CT molecular complexity index is 640. The molecule has 2 rings (SSSR count). The van der Waals surface area contributed by atoms with Gasteiger partial charge in [0.05, 0.1) is 36.0 Å². The number of benzene rings is 1. The highest BCUT2D eigenvalue weighted by Crippen LogP contribution is 2.33. The fourth-order valence-corrected chi connectivity index (χ4v) is 2.72. The van der Waals surface area contributed by atoms with Crippen molar-refractivity contribution in [1.29, 1.82) is 0 Å². The number of morpholine rings is 1. The standard InChI is InChI=1S/C15H17Cl2N3O5/c16-11-5-10(6-12(17)15(11)25-9-14(22)23)7-18-19-13(21)8-20-1-3-24-4-2-20/h5-7H,1-4,8-9H2,(H,19,21)(H,22,23)/b18-7+. The zero-order valence-electron chi connectivity index (χ0n) is 13.2. The SMILES string of the molecule is O=C(O)COc1c(Cl)cc(/C=N/NC(=O)CN2CCOCC2)cc1Cl. The summed E-state index contributed by atoms with van der Waals surface area (Å²) in [6.45, 7) is 2.34. The summed E-state index contributed by atoms with van der Waals surface area (Å²) in [5.74, 6) is -1.29. The van der Waals surface area contributed by atoms with Gasteiger partial charge >= 0.3 is 5.97 Å². The van der Waals surface area contributed by atoms with Crippen molar-refractivity contribution in [3.63, 3.8) is 0 Å². The van der Waals surface area contributed by atoms with Crippen molar-refractivity contribution in [3.05, 3.63) is 27.7 Å². The number of carboxylic acids is 1. The van der Waals surface area contributed by atoms with Crippen LogP contribution in [-0.4, -0.2) is 67.6 Å². The summed E-state index contributed by atoms with van der Waals surface area (Å²) in [4.78, 5) is 24.3. The van der Waals surface area contributed by atoms with Crippen molar-refractivity contribution in [3.8, 4) is 5.75 Å². The molecule has 1 saturated heterocycles. The van der Waals surface area contributed by atoms with Crippen molar-refractivity contribution >= 4 is 41.3 Å². The van der Waals surface area contributed by atoms with Crippen LogP contribution in [0.2, 0.25) is 10.0 Å². The van der Waals surface area contributed by atoms with E-state index in [1.165, 1.54) is 18.3 Å². The topological polar surface area (TPSA) is 100 Å². The van der Waals surface area contributed by atoms with Crippen LogP contribution in [-0.2, 0) is 14.3 Å². The number of rotatable bonds is 7. The van der Waals surface area contributed by atoms with Gasteiger partial charge in [0, 0.05) is 13.1 Å². The van der Waals surface area contributed by atoms with E-state index in [0.717, 1.165) is 0 Å². The predicted molar refractivity (Wildman–Crippen MR) is 92.6 cm³/mol. The van der Waals surface area contributed by atoms with Crippen LogP contribution in [0.3, 0.4) is 0 Å². The lowest BCUT2D eigenvalue weighted by molar-refractivity contribution is -0.139. The van der Waals surface area contributed by atoms with Crippen LogP contribution in [0.25, 0.3) is 0 Å². The molecular formula is C15H17Cl2N3O5. The maximum atomic E-state index is 11.8. The van der Waals surface area contributed by atoms with Crippen LogP contribution in [0, 0.1) is 0 Å².